The molecule has 3 aromatic carbocycles. The molecule has 6 rings (SSSR count). The van der Waals surface area contributed by atoms with Crippen LogP contribution in [0.15, 0.2) is 72.9 Å². The average molecular weight is 665 g/mol. The third-order valence-corrected chi connectivity index (χ3v) is 9.92. The van der Waals surface area contributed by atoms with Crippen molar-refractivity contribution in [2.75, 3.05) is 26.2 Å². The fourth-order valence-corrected chi connectivity index (χ4v) is 7.20. The summed E-state index contributed by atoms with van der Waals surface area (Å²) in [4.78, 5) is 17.6. The lowest BCUT2D eigenvalue weighted by Gasteiger charge is -2.34. The van der Waals surface area contributed by atoms with Crippen LogP contribution in [0.2, 0.25) is 0 Å². The van der Waals surface area contributed by atoms with Crippen LogP contribution in [-0.2, 0) is 24.4 Å². The second-order valence-electron chi connectivity index (χ2n) is 13.4. The number of aryl methyl sites for hydroxylation is 1. The first kappa shape index (κ1) is 34.1. The smallest absolute Gasteiger partial charge is 0.406 e. The summed E-state index contributed by atoms with van der Waals surface area (Å²) in [5.74, 6) is -0.264. The molecule has 1 saturated carbocycles. The van der Waals surface area contributed by atoms with E-state index in [1.54, 1.807) is 18.2 Å². The van der Waals surface area contributed by atoms with Gasteiger partial charge in [0.05, 0.1) is 5.54 Å². The normalized spacial score (nSPS) is 17.5. The number of benzene rings is 3. The summed E-state index contributed by atoms with van der Waals surface area (Å²) in [5.41, 5.74) is 10.4. The fraction of sp³-hybridized carbons (Fsp3) is 0.447. The van der Waals surface area contributed by atoms with Crippen molar-refractivity contribution in [3.8, 4) is 16.9 Å². The highest BCUT2D eigenvalue weighted by atomic mass is 19.4. The molecule has 2 heterocycles. The molecule has 2 aliphatic rings. The highest BCUT2D eigenvalue weighted by molar-refractivity contribution is 5.96. The number of nitrogens with zero attached hydrogens (tertiary/aromatic N) is 3. The van der Waals surface area contributed by atoms with Crippen molar-refractivity contribution in [2.24, 2.45) is 5.73 Å². The van der Waals surface area contributed by atoms with Crippen LogP contribution >= 0.6 is 0 Å². The first-order valence-electron chi connectivity index (χ1n) is 17.0. The number of hydrogen-bond donors (Lipinski definition) is 1. The Morgan fingerprint density at radius 3 is 2.23 bits per heavy atom. The Hall–Kier alpha value is -3.73. The Bertz CT molecular complexity index is 1690. The van der Waals surface area contributed by atoms with Crippen molar-refractivity contribution in [1.29, 1.82) is 0 Å². The Labute approximate surface area is 279 Å². The molecular formula is C38H44F4N4O2. The van der Waals surface area contributed by atoms with Gasteiger partial charge in [0.2, 0.25) is 0 Å². The van der Waals surface area contributed by atoms with Gasteiger partial charge in [-0.1, -0.05) is 55.7 Å². The molecule has 2 fully saturated rings. The third kappa shape index (κ3) is 8.46. The second-order valence-corrected chi connectivity index (χ2v) is 13.4. The lowest BCUT2D eigenvalue weighted by atomic mass is 9.78. The number of alkyl halides is 3. The molecule has 0 atom stereocenters. The minimum Gasteiger partial charge on any atom is -0.406 e. The number of rotatable bonds is 12. The maximum Gasteiger partial charge on any atom is 0.573 e. The predicted molar refractivity (Wildman–Crippen MR) is 180 cm³/mol. The van der Waals surface area contributed by atoms with Crippen LogP contribution in [-0.4, -0.2) is 58.2 Å². The van der Waals surface area contributed by atoms with Gasteiger partial charge in [0, 0.05) is 80.5 Å². The molecule has 0 radical (unpaired) electrons. The van der Waals surface area contributed by atoms with Gasteiger partial charge >= 0.3 is 6.36 Å². The number of piperazine rings is 1. The molecular weight excluding hydrogens is 620 g/mol. The minimum atomic E-state index is -4.75. The summed E-state index contributed by atoms with van der Waals surface area (Å²) < 4.78 is 58.8. The summed E-state index contributed by atoms with van der Waals surface area (Å²) in [6.07, 6.45) is 4.05. The molecule has 48 heavy (non-hydrogen) atoms. The Kier molecular flexibility index (Phi) is 10.5. The van der Waals surface area contributed by atoms with Crippen LogP contribution < -0.4 is 10.5 Å². The molecule has 6 nitrogen and oxygen atoms in total. The molecule has 1 aliphatic heterocycles. The highest BCUT2D eigenvalue weighted by Crippen LogP contribution is 2.34. The van der Waals surface area contributed by atoms with E-state index in [1.807, 2.05) is 12.1 Å². The van der Waals surface area contributed by atoms with Gasteiger partial charge in [0.1, 0.15) is 11.6 Å². The van der Waals surface area contributed by atoms with Crippen molar-refractivity contribution in [3.63, 3.8) is 0 Å². The Morgan fingerprint density at radius 2 is 1.54 bits per heavy atom. The standard InChI is InChI=1S/C38H44F4N4O2/c39-34-9-3-2-8-30(34)26-45-22-20-44(21-23-45)25-28-11-16-35-32(24-28)33(29-12-14-31(15-13-29)48-38(40,41)42)27-46(35)19-7-4-10-36(47)37(43)17-5-1-6-18-37/h2-3,8-9,11-16,24,27H,1,4-7,10,17-23,25-26,43H2. The highest BCUT2D eigenvalue weighted by Gasteiger charge is 2.34. The third-order valence-electron chi connectivity index (χ3n) is 9.92. The van der Waals surface area contributed by atoms with Gasteiger partial charge in [-0.25, -0.2) is 4.39 Å². The zero-order valence-corrected chi connectivity index (χ0v) is 27.3. The molecule has 1 aromatic heterocycles. The lowest BCUT2D eigenvalue weighted by Crippen LogP contribution is -2.49. The van der Waals surface area contributed by atoms with E-state index in [4.69, 9.17) is 5.73 Å². The fourth-order valence-electron chi connectivity index (χ4n) is 7.20. The van der Waals surface area contributed by atoms with E-state index in [-0.39, 0.29) is 17.3 Å². The molecule has 256 valence electrons. The first-order chi connectivity index (χ1) is 23.1. The number of carbonyl (C=O) groups excluding carboxylic acids is 1. The van der Waals surface area contributed by atoms with Crippen LogP contribution in [0.5, 0.6) is 5.75 Å². The Morgan fingerprint density at radius 1 is 0.854 bits per heavy atom. The minimum absolute atomic E-state index is 0.166. The summed E-state index contributed by atoms with van der Waals surface area (Å²) in [7, 11) is 0. The molecule has 10 heteroatoms. The SMILES string of the molecule is NC1(C(=O)CCCCn2cc(-c3ccc(OC(F)(F)F)cc3)c3cc(CN4CCN(Cc5ccccc5F)CC4)ccc32)CCCCC1. The average Bonchev–Trinajstić information content (AvgIpc) is 3.42. The summed E-state index contributed by atoms with van der Waals surface area (Å²) >= 11 is 0. The summed E-state index contributed by atoms with van der Waals surface area (Å²) in [6, 6.07) is 19.4. The van der Waals surface area contributed by atoms with E-state index in [9.17, 15) is 22.4 Å². The van der Waals surface area contributed by atoms with Gasteiger partial charge in [0.25, 0.3) is 0 Å². The van der Waals surface area contributed by atoms with E-state index in [0.29, 0.717) is 25.1 Å². The van der Waals surface area contributed by atoms with Crippen LogP contribution in [0.4, 0.5) is 17.6 Å². The van der Waals surface area contributed by atoms with Gasteiger partial charge in [0.15, 0.2) is 5.78 Å². The van der Waals surface area contributed by atoms with E-state index in [2.05, 4.69) is 43.5 Å². The van der Waals surface area contributed by atoms with Crippen LogP contribution in [0.1, 0.15) is 62.5 Å². The van der Waals surface area contributed by atoms with Crippen molar-refractivity contribution >= 4 is 16.7 Å². The quantitative estimate of drug-likeness (QED) is 0.123. The van der Waals surface area contributed by atoms with E-state index < -0.39 is 11.9 Å². The van der Waals surface area contributed by atoms with E-state index in [0.717, 1.165) is 105 Å². The van der Waals surface area contributed by atoms with Gasteiger partial charge < -0.3 is 15.0 Å². The zero-order valence-electron chi connectivity index (χ0n) is 27.3. The summed E-state index contributed by atoms with van der Waals surface area (Å²) in [5, 5.41) is 1.02. The van der Waals surface area contributed by atoms with Crippen molar-refractivity contribution in [1.82, 2.24) is 14.4 Å². The molecule has 2 N–H and O–H groups in total. The van der Waals surface area contributed by atoms with E-state index >= 15 is 0 Å². The number of unbranched alkanes of at least 4 members (excludes halogenated alkanes) is 1. The monoisotopic (exact) mass is 664 g/mol. The number of nitrogens with two attached hydrogens (primary N) is 1. The maximum absolute atomic E-state index is 14.2. The molecule has 0 bridgehead atoms. The number of Topliss-reactive ketones (excluding diaryl/α,β-unsaturated/α-hetero) is 1. The van der Waals surface area contributed by atoms with Gasteiger partial charge in [-0.05, 0) is 67.1 Å². The Balaban J connectivity index is 1.15. The topological polar surface area (TPSA) is 63.7 Å². The van der Waals surface area contributed by atoms with Crippen LogP contribution in [0.3, 0.4) is 0 Å². The second kappa shape index (κ2) is 14.8. The number of fused-ring (bicyclic) bond motifs is 1. The molecule has 1 aliphatic carbocycles. The summed E-state index contributed by atoms with van der Waals surface area (Å²) in [6.45, 7) is 5.48. The largest absolute Gasteiger partial charge is 0.573 e. The van der Waals surface area contributed by atoms with E-state index in [1.165, 1.54) is 18.2 Å². The number of aromatic nitrogens is 1. The van der Waals surface area contributed by atoms with Gasteiger partial charge in [-0.2, -0.15) is 0 Å². The molecule has 0 amide bonds. The van der Waals surface area contributed by atoms with Gasteiger partial charge in [-0.3, -0.25) is 14.6 Å². The van der Waals surface area contributed by atoms with Gasteiger partial charge in [-0.15, -0.1) is 13.2 Å². The lowest BCUT2D eigenvalue weighted by molar-refractivity contribution is -0.274. The number of ether oxygens (including phenoxy) is 1. The number of hydrogen-bond acceptors (Lipinski definition) is 5. The molecule has 1 saturated heterocycles. The zero-order chi connectivity index (χ0) is 33.7. The number of ketones is 1. The maximum atomic E-state index is 14.2. The first-order valence-corrected chi connectivity index (χ1v) is 17.0. The van der Waals surface area contributed by atoms with Crippen LogP contribution in [0, 0.1) is 5.82 Å². The number of halogens is 4. The van der Waals surface area contributed by atoms with Crippen molar-refractivity contribution in [2.45, 2.75) is 82.9 Å². The van der Waals surface area contributed by atoms with Crippen molar-refractivity contribution < 1.29 is 27.1 Å². The molecule has 4 aromatic rings. The molecule has 0 spiro atoms. The predicted octanol–water partition coefficient (Wildman–Crippen LogP) is 8.06. The van der Waals surface area contributed by atoms with Crippen molar-refractivity contribution in [3.05, 3.63) is 89.9 Å². The number of carbonyl (C=O) groups is 1. The van der Waals surface area contributed by atoms with Crippen LogP contribution in [0.25, 0.3) is 22.0 Å². The molecule has 0 unspecified atom stereocenters.